The molecular formula is C14H23N3O. The number of benzene rings is 1. The van der Waals surface area contributed by atoms with Crippen molar-refractivity contribution in [1.29, 1.82) is 0 Å². The Morgan fingerprint density at radius 2 is 2.06 bits per heavy atom. The standard InChI is InChI=1S/C14H23N3O/c1-4-15-14(18)16-9-10-17(5-2)13-8-6-7-12(3)11-13/h6-8,11H,4-5,9-10H2,1-3H3,(H2,15,16,18). The third-order valence-corrected chi connectivity index (χ3v) is 2.75. The van der Waals surface area contributed by atoms with E-state index in [9.17, 15) is 4.79 Å². The van der Waals surface area contributed by atoms with Crippen molar-refractivity contribution in [3.63, 3.8) is 0 Å². The molecule has 1 aromatic carbocycles. The van der Waals surface area contributed by atoms with Crippen LogP contribution >= 0.6 is 0 Å². The molecule has 0 heterocycles. The van der Waals surface area contributed by atoms with Gasteiger partial charge in [0.05, 0.1) is 0 Å². The van der Waals surface area contributed by atoms with Crippen LogP contribution in [0.15, 0.2) is 24.3 Å². The lowest BCUT2D eigenvalue weighted by Gasteiger charge is -2.23. The Bertz CT molecular complexity index is 379. The van der Waals surface area contributed by atoms with Gasteiger partial charge in [0.1, 0.15) is 0 Å². The zero-order valence-electron chi connectivity index (χ0n) is 11.5. The number of anilines is 1. The first kappa shape index (κ1) is 14.4. The number of carbonyl (C=O) groups excluding carboxylic acids is 1. The molecule has 0 unspecified atom stereocenters. The van der Waals surface area contributed by atoms with Crippen molar-refractivity contribution in [1.82, 2.24) is 10.6 Å². The van der Waals surface area contributed by atoms with Gasteiger partial charge in [-0.15, -0.1) is 0 Å². The monoisotopic (exact) mass is 249 g/mol. The van der Waals surface area contributed by atoms with Gasteiger partial charge in [-0.05, 0) is 38.5 Å². The van der Waals surface area contributed by atoms with Crippen molar-refractivity contribution in [2.75, 3.05) is 31.1 Å². The van der Waals surface area contributed by atoms with E-state index < -0.39 is 0 Å². The Kier molecular flexibility index (Phi) is 6.05. The van der Waals surface area contributed by atoms with Gasteiger partial charge in [0.15, 0.2) is 0 Å². The fourth-order valence-electron chi connectivity index (χ4n) is 1.82. The summed E-state index contributed by atoms with van der Waals surface area (Å²) in [6, 6.07) is 8.31. The first-order valence-electron chi connectivity index (χ1n) is 6.50. The SMILES string of the molecule is CCNC(=O)NCCN(CC)c1cccc(C)c1. The Hall–Kier alpha value is -1.71. The van der Waals surface area contributed by atoms with Crippen LogP contribution in [0.4, 0.5) is 10.5 Å². The van der Waals surface area contributed by atoms with Crippen LogP contribution in [0, 0.1) is 6.92 Å². The fourth-order valence-corrected chi connectivity index (χ4v) is 1.82. The quantitative estimate of drug-likeness (QED) is 0.811. The van der Waals surface area contributed by atoms with Crippen molar-refractivity contribution in [2.24, 2.45) is 0 Å². The molecule has 18 heavy (non-hydrogen) atoms. The molecule has 2 N–H and O–H groups in total. The zero-order valence-corrected chi connectivity index (χ0v) is 11.5. The van der Waals surface area contributed by atoms with E-state index in [4.69, 9.17) is 0 Å². The van der Waals surface area contributed by atoms with E-state index in [2.05, 4.69) is 53.6 Å². The molecule has 0 atom stereocenters. The Morgan fingerprint density at radius 3 is 2.67 bits per heavy atom. The van der Waals surface area contributed by atoms with Gasteiger partial charge in [-0.25, -0.2) is 4.79 Å². The minimum atomic E-state index is -0.0993. The zero-order chi connectivity index (χ0) is 13.4. The third-order valence-electron chi connectivity index (χ3n) is 2.75. The normalized spacial score (nSPS) is 9.94. The largest absolute Gasteiger partial charge is 0.370 e. The van der Waals surface area contributed by atoms with Crippen molar-refractivity contribution >= 4 is 11.7 Å². The van der Waals surface area contributed by atoms with Crippen LogP contribution in [0.1, 0.15) is 19.4 Å². The third kappa shape index (κ3) is 4.65. The molecule has 100 valence electrons. The predicted molar refractivity (Wildman–Crippen MR) is 76.1 cm³/mol. The average Bonchev–Trinajstić information content (AvgIpc) is 2.35. The molecule has 0 bridgehead atoms. The summed E-state index contributed by atoms with van der Waals surface area (Å²) in [6.45, 7) is 9.16. The Balaban J connectivity index is 2.45. The molecule has 4 heteroatoms. The highest BCUT2D eigenvalue weighted by Gasteiger charge is 2.04. The Morgan fingerprint density at radius 1 is 1.28 bits per heavy atom. The van der Waals surface area contributed by atoms with Crippen LogP contribution < -0.4 is 15.5 Å². The Labute approximate surface area is 109 Å². The molecule has 0 spiro atoms. The van der Waals surface area contributed by atoms with Crippen LogP contribution in [0.3, 0.4) is 0 Å². The molecular weight excluding hydrogens is 226 g/mol. The number of urea groups is 1. The van der Waals surface area contributed by atoms with Crippen LogP contribution in [0.25, 0.3) is 0 Å². The lowest BCUT2D eigenvalue weighted by Crippen LogP contribution is -2.40. The summed E-state index contributed by atoms with van der Waals surface area (Å²) in [5, 5.41) is 5.56. The molecule has 2 amide bonds. The van der Waals surface area contributed by atoms with E-state index in [1.54, 1.807) is 0 Å². The lowest BCUT2D eigenvalue weighted by molar-refractivity contribution is 0.241. The first-order valence-corrected chi connectivity index (χ1v) is 6.50. The summed E-state index contributed by atoms with van der Waals surface area (Å²) >= 11 is 0. The molecule has 0 fully saturated rings. The summed E-state index contributed by atoms with van der Waals surface area (Å²) in [7, 11) is 0. The molecule has 0 saturated carbocycles. The van der Waals surface area contributed by atoms with E-state index in [1.165, 1.54) is 11.3 Å². The predicted octanol–water partition coefficient (Wildman–Crippen LogP) is 2.14. The molecule has 0 radical (unpaired) electrons. The minimum Gasteiger partial charge on any atom is -0.370 e. The average molecular weight is 249 g/mol. The first-order chi connectivity index (χ1) is 8.67. The highest BCUT2D eigenvalue weighted by Crippen LogP contribution is 2.14. The van der Waals surface area contributed by atoms with Gasteiger partial charge in [-0.3, -0.25) is 0 Å². The lowest BCUT2D eigenvalue weighted by atomic mass is 10.2. The summed E-state index contributed by atoms with van der Waals surface area (Å²) in [5.74, 6) is 0. The van der Waals surface area contributed by atoms with Gasteiger partial charge in [0.25, 0.3) is 0 Å². The van der Waals surface area contributed by atoms with Crippen molar-refractivity contribution in [3.05, 3.63) is 29.8 Å². The molecule has 1 rings (SSSR count). The number of amides is 2. The van der Waals surface area contributed by atoms with E-state index in [-0.39, 0.29) is 6.03 Å². The number of likely N-dealkylation sites (N-methyl/N-ethyl adjacent to an activating group) is 1. The smallest absolute Gasteiger partial charge is 0.314 e. The maximum Gasteiger partial charge on any atom is 0.314 e. The van der Waals surface area contributed by atoms with Gasteiger partial charge >= 0.3 is 6.03 Å². The van der Waals surface area contributed by atoms with E-state index in [0.29, 0.717) is 13.1 Å². The van der Waals surface area contributed by atoms with Gasteiger partial charge in [-0.2, -0.15) is 0 Å². The number of aryl methyl sites for hydroxylation is 1. The van der Waals surface area contributed by atoms with E-state index in [1.807, 2.05) is 6.92 Å². The van der Waals surface area contributed by atoms with Crippen molar-refractivity contribution < 1.29 is 4.79 Å². The molecule has 1 aromatic rings. The topological polar surface area (TPSA) is 44.4 Å². The van der Waals surface area contributed by atoms with Crippen molar-refractivity contribution in [3.8, 4) is 0 Å². The van der Waals surface area contributed by atoms with E-state index in [0.717, 1.165) is 13.1 Å². The van der Waals surface area contributed by atoms with E-state index >= 15 is 0 Å². The highest BCUT2D eigenvalue weighted by atomic mass is 16.2. The molecule has 0 saturated heterocycles. The fraction of sp³-hybridized carbons (Fsp3) is 0.500. The number of nitrogens with zero attached hydrogens (tertiary/aromatic N) is 1. The minimum absolute atomic E-state index is 0.0993. The second-order valence-corrected chi connectivity index (χ2v) is 4.20. The summed E-state index contributed by atoms with van der Waals surface area (Å²) in [5.41, 5.74) is 2.46. The second kappa shape index (κ2) is 7.58. The van der Waals surface area contributed by atoms with Crippen LogP contribution in [-0.4, -0.2) is 32.2 Å². The van der Waals surface area contributed by atoms with Gasteiger partial charge in [0.2, 0.25) is 0 Å². The maximum atomic E-state index is 11.3. The molecule has 0 aromatic heterocycles. The van der Waals surface area contributed by atoms with Crippen LogP contribution in [0.5, 0.6) is 0 Å². The summed E-state index contributed by atoms with van der Waals surface area (Å²) in [4.78, 5) is 13.5. The molecule has 0 aliphatic heterocycles. The number of hydrogen-bond acceptors (Lipinski definition) is 2. The van der Waals surface area contributed by atoms with Crippen LogP contribution in [0.2, 0.25) is 0 Å². The molecule has 0 aliphatic carbocycles. The van der Waals surface area contributed by atoms with Gasteiger partial charge in [-0.1, -0.05) is 12.1 Å². The molecule has 0 aliphatic rings. The van der Waals surface area contributed by atoms with Gasteiger partial charge < -0.3 is 15.5 Å². The number of nitrogens with one attached hydrogen (secondary N) is 2. The summed E-state index contributed by atoms with van der Waals surface area (Å²) < 4.78 is 0. The highest BCUT2D eigenvalue weighted by molar-refractivity contribution is 5.73. The number of hydrogen-bond donors (Lipinski definition) is 2. The maximum absolute atomic E-state index is 11.3. The second-order valence-electron chi connectivity index (χ2n) is 4.20. The number of rotatable bonds is 6. The molecule has 4 nitrogen and oxygen atoms in total. The summed E-state index contributed by atoms with van der Waals surface area (Å²) in [6.07, 6.45) is 0. The number of carbonyl (C=O) groups is 1. The van der Waals surface area contributed by atoms with Crippen LogP contribution in [-0.2, 0) is 0 Å². The van der Waals surface area contributed by atoms with Crippen molar-refractivity contribution in [2.45, 2.75) is 20.8 Å². The van der Waals surface area contributed by atoms with Gasteiger partial charge in [0, 0.05) is 31.9 Å².